The SMILES string of the molecule is C[C@@H]1C(=O)N[C@H](c2ccccc2)[C@H]1NC(=O)OCc1ccccc1. The molecule has 2 aromatic rings. The highest BCUT2D eigenvalue weighted by Crippen LogP contribution is 2.28. The van der Waals surface area contributed by atoms with Gasteiger partial charge in [0.15, 0.2) is 0 Å². The summed E-state index contributed by atoms with van der Waals surface area (Å²) in [5.74, 6) is -0.392. The maximum absolute atomic E-state index is 12.1. The Kier molecular flexibility index (Phi) is 4.79. The van der Waals surface area contributed by atoms with Crippen LogP contribution in [-0.4, -0.2) is 18.0 Å². The summed E-state index contributed by atoms with van der Waals surface area (Å²) in [5.41, 5.74) is 1.88. The van der Waals surface area contributed by atoms with Crippen LogP contribution in [-0.2, 0) is 16.1 Å². The molecule has 1 heterocycles. The van der Waals surface area contributed by atoms with E-state index in [-0.39, 0.29) is 30.5 Å². The first-order valence-electron chi connectivity index (χ1n) is 7.97. The van der Waals surface area contributed by atoms with Gasteiger partial charge in [0.1, 0.15) is 6.61 Å². The molecule has 2 aromatic carbocycles. The smallest absolute Gasteiger partial charge is 0.407 e. The number of hydrogen-bond acceptors (Lipinski definition) is 3. The second kappa shape index (κ2) is 7.17. The third-order valence-electron chi connectivity index (χ3n) is 4.27. The van der Waals surface area contributed by atoms with Crippen LogP contribution in [0.5, 0.6) is 0 Å². The second-order valence-electron chi connectivity index (χ2n) is 5.92. The van der Waals surface area contributed by atoms with E-state index in [4.69, 9.17) is 4.74 Å². The van der Waals surface area contributed by atoms with Gasteiger partial charge in [-0.3, -0.25) is 4.79 Å². The molecule has 2 N–H and O–H groups in total. The van der Waals surface area contributed by atoms with Crippen LogP contribution in [0.1, 0.15) is 24.1 Å². The number of hydrogen-bond donors (Lipinski definition) is 2. The molecule has 3 atom stereocenters. The Bertz CT molecular complexity index is 703. The summed E-state index contributed by atoms with van der Waals surface area (Å²) in [6, 6.07) is 18.5. The van der Waals surface area contributed by atoms with E-state index in [1.807, 2.05) is 60.7 Å². The number of carbonyl (C=O) groups excluding carboxylic acids is 2. The molecule has 1 aliphatic rings. The van der Waals surface area contributed by atoms with Crippen LogP contribution in [0.3, 0.4) is 0 Å². The molecule has 0 aliphatic carbocycles. The Morgan fingerprint density at radius 2 is 1.71 bits per heavy atom. The zero-order valence-corrected chi connectivity index (χ0v) is 13.4. The van der Waals surface area contributed by atoms with Crippen molar-refractivity contribution in [3.63, 3.8) is 0 Å². The van der Waals surface area contributed by atoms with E-state index < -0.39 is 6.09 Å². The predicted molar refractivity (Wildman–Crippen MR) is 90.0 cm³/mol. The van der Waals surface area contributed by atoms with E-state index in [0.717, 1.165) is 11.1 Å². The highest BCUT2D eigenvalue weighted by molar-refractivity contribution is 5.83. The molecular formula is C19H20N2O3. The maximum atomic E-state index is 12.1. The second-order valence-corrected chi connectivity index (χ2v) is 5.92. The van der Waals surface area contributed by atoms with E-state index in [1.165, 1.54) is 0 Å². The lowest BCUT2D eigenvalue weighted by molar-refractivity contribution is -0.122. The van der Waals surface area contributed by atoms with Gasteiger partial charge in [-0.1, -0.05) is 67.6 Å². The fraction of sp³-hybridized carbons (Fsp3) is 0.263. The molecule has 24 heavy (non-hydrogen) atoms. The van der Waals surface area contributed by atoms with Crippen LogP contribution in [0.15, 0.2) is 60.7 Å². The maximum Gasteiger partial charge on any atom is 0.407 e. The Morgan fingerprint density at radius 1 is 1.08 bits per heavy atom. The summed E-state index contributed by atoms with van der Waals surface area (Å²) >= 11 is 0. The Balaban J connectivity index is 1.65. The van der Waals surface area contributed by atoms with Crippen LogP contribution in [0.25, 0.3) is 0 Å². The van der Waals surface area contributed by atoms with Crippen molar-refractivity contribution < 1.29 is 14.3 Å². The zero-order valence-electron chi connectivity index (χ0n) is 13.4. The summed E-state index contributed by atoms with van der Waals surface area (Å²) in [7, 11) is 0. The van der Waals surface area contributed by atoms with Crippen LogP contribution < -0.4 is 10.6 Å². The highest BCUT2D eigenvalue weighted by Gasteiger charge is 2.41. The molecule has 0 radical (unpaired) electrons. The summed E-state index contributed by atoms with van der Waals surface area (Å²) < 4.78 is 5.27. The quantitative estimate of drug-likeness (QED) is 0.909. The van der Waals surface area contributed by atoms with E-state index in [2.05, 4.69) is 10.6 Å². The monoisotopic (exact) mass is 324 g/mol. The number of rotatable bonds is 4. The van der Waals surface area contributed by atoms with Gasteiger partial charge in [0.25, 0.3) is 0 Å². The summed E-state index contributed by atoms with van der Waals surface area (Å²) in [6.45, 7) is 2.01. The minimum Gasteiger partial charge on any atom is -0.445 e. The molecule has 0 unspecified atom stereocenters. The normalized spacial score (nSPS) is 22.7. The molecule has 3 rings (SSSR count). The van der Waals surface area contributed by atoms with Crippen molar-refractivity contribution in [1.29, 1.82) is 0 Å². The minimum atomic E-state index is -0.520. The van der Waals surface area contributed by atoms with Crippen molar-refractivity contribution in [2.24, 2.45) is 5.92 Å². The van der Waals surface area contributed by atoms with Crippen molar-refractivity contribution in [1.82, 2.24) is 10.6 Å². The van der Waals surface area contributed by atoms with Crippen LogP contribution >= 0.6 is 0 Å². The van der Waals surface area contributed by atoms with Gasteiger partial charge >= 0.3 is 6.09 Å². The fourth-order valence-corrected chi connectivity index (χ4v) is 2.89. The van der Waals surface area contributed by atoms with Gasteiger partial charge in [0.2, 0.25) is 5.91 Å². The van der Waals surface area contributed by atoms with E-state index >= 15 is 0 Å². The first kappa shape index (κ1) is 16.1. The number of alkyl carbamates (subject to hydrolysis) is 1. The molecule has 5 nitrogen and oxygen atoms in total. The largest absolute Gasteiger partial charge is 0.445 e. The number of carbonyl (C=O) groups is 2. The molecule has 0 saturated carbocycles. The van der Waals surface area contributed by atoms with Gasteiger partial charge in [-0.25, -0.2) is 4.79 Å². The third-order valence-corrected chi connectivity index (χ3v) is 4.27. The molecule has 124 valence electrons. The molecule has 0 aromatic heterocycles. The van der Waals surface area contributed by atoms with Gasteiger partial charge in [-0.2, -0.15) is 0 Å². The summed E-state index contributed by atoms with van der Waals surface area (Å²) in [5, 5.41) is 5.77. The van der Waals surface area contributed by atoms with Crippen molar-refractivity contribution in [3.05, 3.63) is 71.8 Å². The molecular weight excluding hydrogens is 304 g/mol. The predicted octanol–water partition coefficient (Wildman–Crippen LogP) is 2.79. The van der Waals surface area contributed by atoms with Crippen LogP contribution in [0.2, 0.25) is 0 Å². The lowest BCUT2D eigenvalue weighted by atomic mass is 9.95. The number of benzene rings is 2. The Morgan fingerprint density at radius 3 is 2.38 bits per heavy atom. The summed E-state index contributed by atoms with van der Waals surface area (Å²) in [6.07, 6.45) is -0.520. The first-order chi connectivity index (χ1) is 11.6. The van der Waals surface area contributed by atoms with Gasteiger partial charge in [0.05, 0.1) is 18.0 Å². The molecule has 0 spiro atoms. The van der Waals surface area contributed by atoms with E-state index in [1.54, 1.807) is 6.92 Å². The Labute approximate surface area is 141 Å². The number of ether oxygens (including phenoxy) is 1. The molecule has 1 saturated heterocycles. The van der Waals surface area contributed by atoms with Crippen LogP contribution in [0.4, 0.5) is 4.79 Å². The average molecular weight is 324 g/mol. The summed E-state index contributed by atoms with van der Waals surface area (Å²) in [4.78, 5) is 24.2. The third kappa shape index (κ3) is 3.56. The number of nitrogens with one attached hydrogen (secondary N) is 2. The number of amides is 2. The van der Waals surface area contributed by atoms with Gasteiger partial charge < -0.3 is 15.4 Å². The average Bonchev–Trinajstić information content (AvgIpc) is 2.90. The van der Waals surface area contributed by atoms with Crippen molar-refractivity contribution in [2.75, 3.05) is 0 Å². The highest BCUT2D eigenvalue weighted by atomic mass is 16.5. The van der Waals surface area contributed by atoms with Crippen molar-refractivity contribution in [3.8, 4) is 0 Å². The molecule has 5 heteroatoms. The lowest BCUT2D eigenvalue weighted by Crippen LogP contribution is -2.41. The molecule has 1 fully saturated rings. The van der Waals surface area contributed by atoms with Crippen molar-refractivity contribution in [2.45, 2.75) is 25.6 Å². The molecule has 2 amide bonds. The first-order valence-corrected chi connectivity index (χ1v) is 7.97. The van der Waals surface area contributed by atoms with Gasteiger partial charge in [0, 0.05) is 0 Å². The fourth-order valence-electron chi connectivity index (χ4n) is 2.89. The topological polar surface area (TPSA) is 67.4 Å². The van der Waals surface area contributed by atoms with Crippen LogP contribution in [0, 0.1) is 5.92 Å². The standard InChI is InChI=1S/C19H20N2O3/c1-13-16(17(20-18(13)22)15-10-6-3-7-11-15)21-19(23)24-12-14-8-4-2-5-9-14/h2-11,13,16-17H,12H2,1H3,(H,20,22)(H,21,23)/t13-,16-,17+/m0/s1. The van der Waals surface area contributed by atoms with Gasteiger partial charge in [-0.05, 0) is 11.1 Å². The van der Waals surface area contributed by atoms with Gasteiger partial charge in [-0.15, -0.1) is 0 Å². The lowest BCUT2D eigenvalue weighted by Gasteiger charge is -2.22. The molecule has 0 bridgehead atoms. The Hall–Kier alpha value is -2.82. The minimum absolute atomic E-state index is 0.0720. The van der Waals surface area contributed by atoms with E-state index in [9.17, 15) is 9.59 Å². The zero-order chi connectivity index (χ0) is 16.9. The molecule has 1 aliphatic heterocycles. The van der Waals surface area contributed by atoms with E-state index in [0.29, 0.717) is 0 Å². The van der Waals surface area contributed by atoms with Crippen molar-refractivity contribution >= 4 is 12.0 Å².